The highest BCUT2D eigenvalue weighted by Crippen LogP contribution is 2.35. The molecule has 1 amide bonds. The Balaban J connectivity index is 1.76. The second-order valence-electron chi connectivity index (χ2n) is 6.04. The standard InChI is InChI=1S/C20H17N3O/c21-14-16-5-4-6-17(13-16)19(24)23-11-9-20(15-22,10-12-23)18-7-2-1-3-8-18/h1-8,13H,9-12H2. The predicted molar refractivity (Wildman–Crippen MR) is 90.0 cm³/mol. The zero-order chi connectivity index (χ0) is 17.0. The highest BCUT2D eigenvalue weighted by Gasteiger charge is 2.37. The number of piperidine rings is 1. The van der Waals surface area contributed by atoms with Gasteiger partial charge >= 0.3 is 0 Å². The number of hydrogen-bond donors (Lipinski definition) is 0. The van der Waals surface area contributed by atoms with Crippen molar-refractivity contribution >= 4 is 5.91 Å². The maximum Gasteiger partial charge on any atom is 0.253 e. The molecule has 0 aromatic heterocycles. The van der Waals surface area contributed by atoms with Crippen LogP contribution in [0.2, 0.25) is 0 Å². The van der Waals surface area contributed by atoms with E-state index in [-0.39, 0.29) is 5.91 Å². The Morgan fingerprint density at radius 3 is 2.33 bits per heavy atom. The molecule has 0 spiro atoms. The van der Waals surface area contributed by atoms with Gasteiger partial charge in [-0.1, -0.05) is 36.4 Å². The van der Waals surface area contributed by atoms with Gasteiger partial charge in [0, 0.05) is 18.7 Å². The van der Waals surface area contributed by atoms with Crippen molar-refractivity contribution in [3.8, 4) is 12.1 Å². The Hall–Kier alpha value is -3.11. The number of carbonyl (C=O) groups excluding carboxylic acids is 1. The molecule has 1 aliphatic heterocycles. The fourth-order valence-corrected chi connectivity index (χ4v) is 3.22. The van der Waals surface area contributed by atoms with Gasteiger partial charge in [-0.3, -0.25) is 4.79 Å². The average Bonchev–Trinajstić information content (AvgIpc) is 2.68. The van der Waals surface area contributed by atoms with E-state index in [1.54, 1.807) is 29.2 Å². The third-order valence-corrected chi connectivity index (χ3v) is 4.68. The third-order valence-electron chi connectivity index (χ3n) is 4.68. The fraction of sp³-hybridized carbons (Fsp3) is 0.250. The summed E-state index contributed by atoms with van der Waals surface area (Å²) < 4.78 is 0. The van der Waals surface area contributed by atoms with Crippen molar-refractivity contribution in [1.82, 2.24) is 4.90 Å². The molecule has 0 radical (unpaired) electrons. The summed E-state index contributed by atoms with van der Waals surface area (Å²) in [7, 11) is 0. The molecule has 0 bridgehead atoms. The Kier molecular flexibility index (Phi) is 4.31. The number of rotatable bonds is 2. The Morgan fingerprint density at radius 2 is 1.71 bits per heavy atom. The fourth-order valence-electron chi connectivity index (χ4n) is 3.22. The zero-order valence-electron chi connectivity index (χ0n) is 13.3. The van der Waals surface area contributed by atoms with Crippen LogP contribution >= 0.6 is 0 Å². The Morgan fingerprint density at radius 1 is 1.00 bits per heavy atom. The summed E-state index contributed by atoms with van der Waals surface area (Å²) in [4.78, 5) is 14.4. The first-order valence-electron chi connectivity index (χ1n) is 7.95. The van der Waals surface area contributed by atoms with Crippen molar-refractivity contribution in [2.24, 2.45) is 0 Å². The number of carbonyl (C=O) groups is 1. The van der Waals surface area contributed by atoms with E-state index in [1.165, 1.54) is 0 Å². The summed E-state index contributed by atoms with van der Waals surface area (Å²) in [5.41, 5.74) is 1.50. The van der Waals surface area contributed by atoms with Gasteiger partial charge in [0.15, 0.2) is 0 Å². The summed E-state index contributed by atoms with van der Waals surface area (Å²) in [5.74, 6) is -0.0771. The molecule has 1 heterocycles. The molecule has 0 N–H and O–H groups in total. The minimum atomic E-state index is -0.521. The molecule has 4 nitrogen and oxygen atoms in total. The van der Waals surface area contributed by atoms with E-state index in [9.17, 15) is 10.1 Å². The molecule has 2 aromatic rings. The van der Waals surface area contributed by atoms with Gasteiger partial charge in [0.05, 0.1) is 23.1 Å². The molecule has 1 aliphatic rings. The molecule has 1 fully saturated rings. The lowest BCUT2D eigenvalue weighted by Crippen LogP contribution is -2.44. The molecule has 0 aliphatic carbocycles. The van der Waals surface area contributed by atoms with Gasteiger partial charge in [0.1, 0.15) is 0 Å². The predicted octanol–water partition coefficient (Wildman–Crippen LogP) is 3.26. The van der Waals surface area contributed by atoms with Gasteiger partial charge in [0.25, 0.3) is 5.91 Å². The molecule has 2 aromatic carbocycles. The van der Waals surface area contributed by atoms with Crippen LogP contribution in [0, 0.1) is 22.7 Å². The van der Waals surface area contributed by atoms with Crippen LogP contribution in [0.4, 0.5) is 0 Å². The number of hydrogen-bond acceptors (Lipinski definition) is 3. The average molecular weight is 315 g/mol. The molecule has 24 heavy (non-hydrogen) atoms. The summed E-state index contributed by atoms with van der Waals surface area (Å²) in [6.07, 6.45) is 1.24. The van der Waals surface area contributed by atoms with Crippen LogP contribution in [0.25, 0.3) is 0 Å². The smallest absolute Gasteiger partial charge is 0.253 e. The molecule has 0 atom stereocenters. The van der Waals surface area contributed by atoms with Crippen LogP contribution in [-0.4, -0.2) is 23.9 Å². The second kappa shape index (κ2) is 6.56. The maximum atomic E-state index is 12.6. The monoisotopic (exact) mass is 315 g/mol. The summed E-state index contributed by atoms with van der Waals surface area (Å²) >= 11 is 0. The molecule has 4 heteroatoms. The first-order valence-corrected chi connectivity index (χ1v) is 7.95. The lowest BCUT2D eigenvalue weighted by Gasteiger charge is -2.37. The molecular weight excluding hydrogens is 298 g/mol. The highest BCUT2D eigenvalue weighted by atomic mass is 16.2. The number of nitriles is 2. The Bertz CT molecular complexity index is 822. The van der Waals surface area contributed by atoms with Crippen LogP contribution in [-0.2, 0) is 5.41 Å². The first kappa shape index (κ1) is 15.8. The summed E-state index contributed by atoms with van der Waals surface area (Å²) in [5, 5.41) is 18.7. The van der Waals surface area contributed by atoms with Crippen molar-refractivity contribution < 1.29 is 4.79 Å². The topological polar surface area (TPSA) is 67.9 Å². The van der Waals surface area contributed by atoms with E-state index in [0.29, 0.717) is 37.1 Å². The van der Waals surface area contributed by atoms with Crippen LogP contribution in [0.5, 0.6) is 0 Å². The van der Waals surface area contributed by atoms with E-state index in [4.69, 9.17) is 5.26 Å². The minimum absolute atomic E-state index is 0.0771. The number of nitrogens with zero attached hydrogens (tertiary/aromatic N) is 3. The molecular formula is C20H17N3O. The van der Waals surface area contributed by atoms with E-state index < -0.39 is 5.41 Å². The minimum Gasteiger partial charge on any atom is -0.339 e. The quantitative estimate of drug-likeness (QED) is 0.854. The van der Waals surface area contributed by atoms with Gasteiger partial charge < -0.3 is 4.90 Å². The molecule has 118 valence electrons. The maximum absolute atomic E-state index is 12.6. The number of benzene rings is 2. The van der Waals surface area contributed by atoms with E-state index >= 15 is 0 Å². The van der Waals surface area contributed by atoms with Crippen LogP contribution in [0.15, 0.2) is 54.6 Å². The van der Waals surface area contributed by atoms with Crippen LogP contribution in [0.1, 0.15) is 34.3 Å². The number of likely N-dealkylation sites (tertiary alicyclic amines) is 1. The lowest BCUT2D eigenvalue weighted by atomic mass is 9.74. The van der Waals surface area contributed by atoms with Gasteiger partial charge in [0.2, 0.25) is 0 Å². The second-order valence-corrected chi connectivity index (χ2v) is 6.04. The lowest BCUT2D eigenvalue weighted by molar-refractivity contribution is 0.0692. The van der Waals surface area contributed by atoms with Crippen LogP contribution < -0.4 is 0 Å². The third kappa shape index (κ3) is 2.87. The molecule has 1 saturated heterocycles. The van der Waals surface area contributed by atoms with Crippen molar-refractivity contribution in [2.45, 2.75) is 18.3 Å². The van der Waals surface area contributed by atoms with Gasteiger partial charge in [-0.25, -0.2) is 0 Å². The largest absolute Gasteiger partial charge is 0.339 e. The number of amides is 1. The normalized spacial score (nSPS) is 16.0. The van der Waals surface area contributed by atoms with E-state index in [0.717, 1.165) is 5.56 Å². The first-order chi connectivity index (χ1) is 11.7. The van der Waals surface area contributed by atoms with Gasteiger partial charge in [-0.15, -0.1) is 0 Å². The highest BCUT2D eigenvalue weighted by molar-refractivity contribution is 5.94. The van der Waals surface area contributed by atoms with Gasteiger partial charge in [-0.2, -0.15) is 10.5 Å². The van der Waals surface area contributed by atoms with Gasteiger partial charge in [-0.05, 0) is 36.6 Å². The molecule has 0 saturated carbocycles. The summed E-state index contributed by atoms with van der Waals surface area (Å²) in [6, 6.07) is 21.1. The van der Waals surface area contributed by atoms with E-state index in [1.807, 2.05) is 30.3 Å². The SMILES string of the molecule is N#Cc1cccc(C(=O)N2CCC(C#N)(c3ccccc3)CC2)c1. The van der Waals surface area contributed by atoms with Crippen molar-refractivity contribution in [1.29, 1.82) is 10.5 Å². The molecule has 0 unspecified atom stereocenters. The molecule has 3 rings (SSSR count). The van der Waals surface area contributed by atoms with E-state index in [2.05, 4.69) is 12.1 Å². The summed E-state index contributed by atoms with van der Waals surface area (Å²) in [6.45, 7) is 1.08. The van der Waals surface area contributed by atoms with Crippen molar-refractivity contribution in [3.63, 3.8) is 0 Å². The van der Waals surface area contributed by atoms with Crippen molar-refractivity contribution in [3.05, 3.63) is 71.3 Å². The Labute approximate surface area is 141 Å². The van der Waals surface area contributed by atoms with Crippen LogP contribution in [0.3, 0.4) is 0 Å². The zero-order valence-corrected chi connectivity index (χ0v) is 13.3. The van der Waals surface area contributed by atoms with Crippen molar-refractivity contribution in [2.75, 3.05) is 13.1 Å².